The van der Waals surface area contributed by atoms with Crippen molar-refractivity contribution in [1.82, 2.24) is 4.98 Å². The zero-order chi connectivity index (χ0) is 14.8. The van der Waals surface area contributed by atoms with Crippen LogP contribution in [0, 0.1) is 0 Å². The molecule has 2 nitrogen and oxygen atoms in total. The minimum absolute atomic E-state index is 0.472. The van der Waals surface area contributed by atoms with Gasteiger partial charge in [0, 0.05) is 21.8 Å². The molecule has 21 heavy (non-hydrogen) atoms. The lowest BCUT2D eigenvalue weighted by atomic mass is 10.1. The van der Waals surface area contributed by atoms with E-state index in [1.165, 1.54) is 11.8 Å². The van der Waals surface area contributed by atoms with Crippen molar-refractivity contribution in [2.45, 2.75) is 16.5 Å². The summed E-state index contributed by atoms with van der Waals surface area (Å²) in [5.74, 6) is 0. The van der Waals surface area contributed by atoms with E-state index in [2.05, 4.69) is 4.98 Å². The molecule has 0 aliphatic heterocycles. The van der Waals surface area contributed by atoms with Gasteiger partial charge in [0.1, 0.15) is 5.03 Å². The summed E-state index contributed by atoms with van der Waals surface area (Å²) in [4.78, 5) is 5.54. The molecule has 0 saturated carbocycles. The maximum atomic E-state index is 6.21. The summed E-state index contributed by atoms with van der Waals surface area (Å²) in [7, 11) is 0. The van der Waals surface area contributed by atoms with Crippen LogP contribution in [0.1, 0.15) is 5.56 Å². The Balaban J connectivity index is 2.06. The Hall–Kier alpha value is -1.26. The highest BCUT2D eigenvalue weighted by Crippen LogP contribution is 2.35. The SMILES string of the molecule is NCc1cc(Sc2cc(Cl)ccc2Cl)nc2ccccc12. The molecule has 0 amide bonds. The highest BCUT2D eigenvalue weighted by atomic mass is 35.5. The van der Waals surface area contributed by atoms with Crippen molar-refractivity contribution in [2.75, 3.05) is 0 Å². The molecule has 0 aliphatic rings. The molecule has 5 heteroatoms. The predicted octanol–water partition coefficient (Wildman–Crippen LogP) is 5.15. The number of halogens is 2. The fraction of sp³-hybridized carbons (Fsp3) is 0.0625. The van der Waals surface area contributed by atoms with Gasteiger partial charge in [-0.3, -0.25) is 0 Å². The van der Waals surface area contributed by atoms with E-state index in [4.69, 9.17) is 28.9 Å². The van der Waals surface area contributed by atoms with Gasteiger partial charge >= 0.3 is 0 Å². The molecule has 3 rings (SSSR count). The molecular weight excluding hydrogens is 323 g/mol. The summed E-state index contributed by atoms with van der Waals surface area (Å²) in [6.45, 7) is 0.472. The molecule has 3 aromatic rings. The van der Waals surface area contributed by atoms with Crippen molar-refractivity contribution in [3.05, 3.63) is 64.1 Å². The maximum absolute atomic E-state index is 6.21. The molecule has 2 N–H and O–H groups in total. The topological polar surface area (TPSA) is 38.9 Å². The number of hydrogen-bond donors (Lipinski definition) is 1. The molecule has 2 aromatic carbocycles. The lowest BCUT2D eigenvalue weighted by molar-refractivity contribution is 1.05. The molecule has 0 fully saturated rings. The predicted molar refractivity (Wildman–Crippen MR) is 90.2 cm³/mol. The number of aromatic nitrogens is 1. The van der Waals surface area contributed by atoms with E-state index < -0.39 is 0 Å². The van der Waals surface area contributed by atoms with Crippen molar-refractivity contribution in [3.8, 4) is 0 Å². The smallest absolute Gasteiger partial charge is 0.102 e. The van der Waals surface area contributed by atoms with Crippen LogP contribution in [0.3, 0.4) is 0 Å². The van der Waals surface area contributed by atoms with Gasteiger partial charge in [-0.1, -0.05) is 53.2 Å². The average molecular weight is 335 g/mol. The van der Waals surface area contributed by atoms with Crippen molar-refractivity contribution < 1.29 is 0 Å². The first kappa shape index (κ1) is 14.7. The molecule has 0 saturated heterocycles. The third-order valence-corrected chi connectivity index (χ3v) is 4.76. The Kier molecular flexibility index (Phi) is 4.36. The lowest BCUT2D eigenvalue weighted by Crippen LogP contribution is -1.99. The fourth-order valence-electron chi connectivity index (χ4n) is 2.11. The minimum Gasteiger partial charge on any atom is -0.326 e. The summed E-state index contributed by atoms with van der Waals surface area (Å²) < 4.78 is 0. The monoisotopic (exact) mass is 334 g/mol. The summed E-state index contributed by atoms with van der Waals surface area (Å²) in [5.41, 5.74) is 7.85. The number of benzene rings is 2. The Labute approximate surface area is 137 Å². The number of fused-ring (bicyclic) bond motifs is 1. The number of hydrogen-bond acceptors (Lipinski definition) is 3. The third-order valence-electron chi connectivity index (χ3n) is 3.11. The number of nitrogens with two attached hydrogens (primary N) is 1. The molecule has 106 valence electrons. The minimum atomic E-state index is 0.472. The second-order valence-electron chi connectivity index (χ2n) is 4.52. The second kappa shape index (κ2) is 6.24. The largest absolute Gasteiger partial charge is 0.326 e. The van der Waals surface area contributed by atoms with Crippen LogP contribution in [0.4, 0.5) is 0 Å². The third kappa shape index (κ3) is 3.16. The second-order valence-corrected chi connectivity index (χ2v) is 6.42. The molecule has 0 aliphatic carbocycles. The van der Waals surface area contributed by atoms with Crippen molar-refractivity contribution >= 4 is 45.9 Å². The molecule has 0 atom stereocenters. The van der Waals surface area contributed by atoms with E-state index in [9.17, 15) is 0 Å². The van der Waals surface area contributed by atoms with Crippen molar-refractivity contribution in [1.29, 1.82) is 0 Å². The first-order valence-corrected chi connectivity index (χ1v) is 7.96. The van der Waals surface area contributed by atoms with E-state index in [1.807, 2.05) is 36.4 Å². The zero-order valence-electron chi connectivity index (χ0n) is 11.0. The number of pyridine rings is 1. The van der Waals surface area contributed by atoms with Gasteiger partial charge in [0.15, 0.2) is 0 Å². The summed E-state index contributed by atoms with van der Waals surface area (Å²) >= 11 is 13.7. The maximum Gasteiger partial charge on any atom is 0.102 e. The van der Waals surface area contributed by atoms with Crippen LogP contribution in [0.5, 0.6) is 0 Å². The van der Waals surface area contributed by atoms with Crippen LogP contribution in [0.15, 0.2) is 58.5 Å². The molecule has 0 unspecified atom stereocenters. The van der Waals surface area contributed by atoms with Gasteiger partial charge in [-0.25, -0.2) is 4.98 Å². The quantitative estimate of drug-likeness (QED) is 0.719. The van der Waals surface area contributed by atoms with E-state index in [1.54, 1.807) is 12.1 Å². The summed E-state index contributed by atoms with van der Waals surface area (Å²) in [5, 5.41) is 3.26. The Morgan fingerprint density at radius 3 is 2.67 bits per heavy atom. The lowest BCUT2D eigenvalue weighted by Gasteiger charge is -2.09. The van der Waals surface area contributed by atoms with Crippen molar-refractivity contribution in [2.24, 2.45) is 5.73 Å². The van der Waals surface area contributed by atoms with E-state index in [0.29, 0.717) is 16.6 Å². The first-order chi connectivity index (χ1) is 10.2. The number of para-hydroxylation sites is 1. The molecule has 1 aromatic heterocycles. The van der Waals surface area contributed by atoms with Gasteiger partial charge in [0.25, 0.3) is 0 Å². The fourth-order valence-corrected chi connectivity index (χ4v) is 3.50. The Morgan fingerprint density at radius 2 is 1.86 bits per heavy atom. The van der Waals surface area contributed by atoms with E-state index in [0.717, 1.165) is 26.4 Å². The average Bonchev–Trinajstić information content (AvgIpc) is 2.50. The van der Waals surface area contributed by atoms with Gasteiger partial charge in [-0.05, 0) is 35.9 Å². The van der Waals surface area contributed by atoms with Crippen LogP contribution in [-0.2, 0) is 6.54 Å². The number of rotatable bonds is 3. The van der Waals surface area contributed by atoms with Gasteiger partial charge in [-0.15, -0.1) is 0 Å². The number of nitrogens with zero attached hydrogens (tertiary/aromatic N) is 1. The molecule has 0 spiro atoms. The molecule has 0 bridgehead atoms. The molecule has 0 radical (unpaired) electrons. The van der Waals surface area contributed by atoms with E-state index in [-0.39, 0.29) is 0 Å². The molecule has 1 heterocycles. The highest BCUT2D eigenvalue weighted by Gasteiger charge is 2.08. The summed E-state index contributed by atoms with van der Waals surface area (Å²) in [6, 6.07) is 15.4. The van der Waals surface area contributed by atoms with Gasteiger partial charge in [0.05, 0.1) is 10.5 Å². The van der Waals surface area contributed by atoms with Gasteiger partial charge in [-0.2, -0.15) is 0 Å². The van der Waals surface area contributed by atoms with Crippen LogP contribution in [0.2, 0.25) is 10.0 Å². The van der Waals surface area contributed by atoms with Crippen LogP contribution in [0.25, 0.3) is 10.9 Å². The van der Waals surface area contributed by atoms with Gasteiger partial charge < -0.3 is 5.73 Å². The van der Waals surface area contributed by atoms with Crippen LogP contribution < -0.4 is 5.73 Å². The zero-order valence-corrected chi connectivity index (χ0v) is 13.3. The Bertz CT molecular complexity index is 805. The van der Waals surface area contributed by atoms with Crippen molar-refractivity contribution in [3.63, 3.8) is 0 Å². The summed E-state index contributed by atoms with van der Waals surface area (Å²) in [6.07, 6.45) is 0. The molecular formula is C16H12Cl2N2S. The highest BCUT2D eigenvalue weighted by molar-refractivity contribution is 7.99. The Morgan fingerprint density at radius 1 is 1.05 bits per heavy atom. The van der Waals surface area contributed by atoms with Gasteiger partial charge in [0.2, 0.25) is 0 Å². The first-order valence-electron chi connectivity index (χ1n) is 6.39. The van der Waals surface area contributed by atoms with E-state index >= 15 is 0 Å². The van der Waals surface area contributed by atoms with Crippen LogP contribution in [-0.4, -0.2) is 4.98 Å². The van der Waals surface area contributed by atoms with Crippen LogP contribution >= 0.6 is 35.0 Å². The standard InChI is InChI=1S/C16H12Cl2N2S/c17-11-5-6-13(18)15(8-11)21-16-7-10(9-19)12-3-1-2-4-14(12)20-16/h1-8H,9,19H2. The normalized spacial score (nSPS) is 11.0.